The van der Waals surface area contributed by atoms with Gasteiger partial charge in [-0.05, 0) is 31.7 Å². The Morgan fingerprint density at radius 1 is 1.32 bits per heavy atom. The van der Waals surface area contributed by atoms with Gasteiger partial charge in [-0.2, -0.15) is 0 Å². The number of likely N-dealkylation sites (tertiary alicyclic amines) is 1. The van der Waals surface area contributed by atoms with Crippen LogP contribution in [0.4, 0.5) is 0 Å². The number of nitrogens with zero attached hydrogens (tertiary/aromatic N) is 2. The lowest BCUT2D eigenvalue weighted by Crippen LogP contribution is -2.73. The highest BCUT2D eigenvalue weighted by Crippen LogP contribution is 2.36. The maximum absolute atomic E-state index is 12.6. The van der Waals surface area contributed by atoms with Gasteiger partial charge in [-0.1, -0.05) is 0 Å². The second-order valence-electron chi connectivity index (χ2n) is 7.55. The molecule has 2 amide bonds. The first-order chi connectivity index (χ1) is 12.0. The summed E-state index contributed by atoms with van der Waals surface area (Å²) < 4.78 is 11.3. The van der Waals surface area contributed by atoms with Crippen molar-refractivity contribution in [3.8, 4) is 0 Å². The predicted molar refractivity (Wildman–Crippen MR) is 90.2 cm³/mol. The molecule has 1 unspecified atom stereocenters. The molecule has 3 fully saturated rings. The number of hydrogen-bond acceptors (Lipinski definition) is 5. The first kappa shape index (κ1) is 16.6. The molecule has 1 saturated carbocycles. The molecule has 1 aliphatic carbocycles. The van der Waals surface area contributed by atoms with Crippen molar-refractivity contribution in [3.63, 3.8) is 0 Å². The van der Waals surface area contributed by atoms with E-state index in [0.29, 0.717) is 43.5 Å². The normalized spacial score (nSPS) is 25.7. The van der Waals surface area contributed by atoms with Crippen LogP contribution in [0.25, 0.3) is 0 Å². The van der Waals surface area contributed by atoms with Gasteiger partial charge in [0.25, 0.3) is 5.91 Å². The smallest absolute Gasteiger partial charge is 0.257 e. The molecule has 136 valence electrons. The van der Waals surface area contributed by atoms with Gasteiger partial charge in [0.2, 0.25) is 5.91 Å². The van der Waals surface area contributed by atoms with Crippen molar-refractivity contribution in [2.45, 2.75) is 31.4 Å². The zero-order chi connectivity index (χ0) is 17.6. The van der Waals surface area contributed by atoms with E-state index in [0.717, 1.165) is 6.54 Å². The quantitative estimate of drug-likeness (QED) is 0.865. The number of nitrogens with one attached hydrogen (secondary N) is 1. The molecule has 1 aromatic heterocycles. The lowest BCUT2D eigenvalue weighted by molar-refractivity contribution is -0.191. The molecule has 2 saturated heterocycles. The summed E-state index contributed by atoms with van der Waals surface area (Å²) in [6.45, 7) is 4.97. The molecule has 3 aliphatic rings. The Bertz CT molecular complexity index is 676. The molecular formula is C18H25N3O4. The van der Waals surface area contributed by atoms with Gasteiger partial charge < -0.3 is 19.4 Å². The lowest BCUT2D eigenvalue weighted by Gasteiger charge is -2.55. The van der Waals surface area contributed by atoms with E-state index in [-0.39, 0.29) is 23.5 Å². The third-order valence-electron chi connectivity index (χ3n) is 5.55. The van der Waals surface area contributed by atoms with Gasteiger partial charge in [0.1, 0.15) is 17.4 Å². The Hall–Kier alpha value is -1.86. The van der Waals surface area contributed by atoms with Gasteiger partial charge in [-0.3, -0.25) is 14.5 Å². The van der Waals surface area contributed by atoms with Crippen molar-refractivity contribution < 1.29 is 18.7 Å². The molecule has 7 heteroatoms. The van der Waals surface area contributed by atoms with Gasteiger partial charge in [0.05, 0.1) is 31.5 Å². The molecule has 7 nitrogen and oxygen atoms in total. The van der Waals surface area contributed by atoms with E-state index in [1.165, 1.54) is 12.8 Å². The Labute approximate surface area is 147 Å². The summed E-state index contributed by atoms with van der Waals surface area (Å²) in [5.74, 6) is 1.35. The SMILES string of the molecule is CNC(=O)C1COC2(CN(C(=O)c3ccoc3C)C2)CN1CC1CC1. The molecular weight excluding hydrogens is 322 g/mol. The number of carbonyl (C=O) groups is 2. The van der Waals surface area contributed by atoms with Gasteiger partial charge >= 0.3 is 0 Å². The number of morpholine rings is 1. The number of aryl methyl sites for hydroxylation is 1. The summed E-state index contributed by atoms with van der Waals surface area (Å²) in [4.78, 5) is 28.8. The molecule has 2 aliphatic heterocycles. The van der Waals surface area contributed by atoms with Crippen LogP contribution in [0.15, 0.2) is 16.7 Å². The summed E-state index contributed by atoms with van der Waals surface area (Å²) in [5, 5.41) is 2.74. The van der Waals surface area contributed by atoms with Crippen LogP contribution in [0.2, 0.25) is 0 Å². The van der Waals surface area contributed by atoms with E-state index in [1.807, 2.05) is 0 Å². The van der Waals surface area contributed by atoms with Gasteiger partial charge in [-0.15, -0.1) is 0 Å². The number of ether oxygens (including phenoxy) is 1. The van der Waals surface area contributed by atoms with Crippen LogP contribution < -0.4 is 5.32 Å². The Morgan fingerprint density at radius 2 is 2.08 bits per heavy atom. The van der Waals surface area contributed by atoms with Crippen LogP contribution in [0.1, 0.15) is 29.0 Å². The molecule has 4 rings (SSSR count). The molecule has 0 aromatic carbocycles. The molecule has 25 heavy (non-hydrogen) atoms. The molecule has 3 heterocycles. The number of likely N-dealkylation sites (N-methyl/N-ethyl adjacent to an activating group) is 1. The van der Waals surface area contributed by atoms with Gasteiger partial charge in [0, 0.05) is 20.1 Å². The molecule has 1 spiro atoms. The van der Waals surface area contributed by atoms with Crippen molar-refractivity contribution in [2.24, 2.45) is 5.92 Å². The second-order valence-corrected chi connectivity index (χ2v) is 7.55. The van der Waals surface area contributed by atoms with E-state index in [9.17, 15) is 9.59 Å². The molecule has 1 atom stereocenters. The van der Waals surface area contributed by atoms with E-state index in [2.05, 4.69) is 10.2 Å². The van der Waals surface area contributed by atoms with E-state index >= 15 is 0 Å². The van der Waals surface area contributed by atoms with Crippen LogP contribution in [-0.4, -0.2) is 73.1 Å². The summed E-state index contributed by atoms with van der Waals surface area (Å²) in [5.41, 5.74) is 0.274. The van der Waals surface area contributed by atoms with Crippen molar-refractivity contribution in [1.82, 2.24) is 15.1 Å². The number of carbonyl (C=O) groups excluding carboxylic acids is 2. The fourth-order valence-electron chi connectivity index (χ4n) is 3.88. The molecule has 0 bridgehead atoms. The number of rotatable bonds is 4. The monoisotopic (exact) mass is 347 g/mol. The predicted octanol–water partition coefficient (Wildman–Crippen LogP) is 0.639. The zero-order valence-corrected chi connectivity index (χ0v) is 14.8. The minimum atomic E-state index is -0.341. The third-order valence-corrected chi connectivity index (χ3v) is 5.55. The van der Waals surface area contributed by atoms with E-state index < -0.39 is 0 Å². The van der Waals surface area contributed by atoms with Crippen LogP contribution in [0.3, 0.4) is 0 Å². The van der Waals surface area contributed by atoms with Crippen molar-refractivity contribution in [3.05, 3.63) is 23.7 Å². The second kappa shape index (κ2) is 6.14. The van der Waals surface area contributed by atoms with Crippen molar-refractivity contribution in [1.29, 1.82) is 0 Å². The highest BCUT2D eigenvalue weighted by atomic mass is 16.5. The average Bonchev–Trinajstić information content (AvgIpc) is 3.29. The summed E-state index contributed by atoms with van der Waals surface area (Å²) in [6.07, 6.45) is 4.03. The standard InChI is InChI=1S/C18H25N3O4/c1-12-14(5-6-24-12)17(23)21-10-18(11-21)9-20(7-13-3-4-13)15(8-25-18)16(22)19-2/h5-6,13,15H,3-4,7-11H2,1-2H3,(H,19,22). The average molecular weight is 347 g/mol. The fourth-order valence-corrected chi connectivity index (χ4v) is 3.88. The van der Waals surface area contributed by atoms with E-state index in [1.54, 1.807) is 31.2 Å². The highest BCUT2D eigenvalue weighted by Gasteiger charge is 2.52. The van der Waals surface area contributed by atoms with Crippen molar-refractivity contribution in [2.75, 3.05) is 39.8 Å². The number of furan rings is 1. The van der Waals surface area contributed by atoms with Crippen LogP contribution in [0, 0.1) is 12.8 Å². The maximum Gasteiger partial charge on any atom is 0.257 e. The minimum absolute atomic E-state index is 0.0109. The molecule has 0 radical (unpaired) electrons. The zero-order valence-electron chi connectivity index (χ0n) is 14.8. The molecule has 1 N–H and O–H groups in total. The summed E-state index contributed by atoms with van der Waals surface area (Å²) >= 11 is 0. The van der Waals surface area contributed by atoms with Crippen LogP contribution in [-0.2, 0) is 9.53 Å². The third kappa shape index (κ3) is 3.06. The maximum atomic E-state index is 12.6. The van der Waals surface area contributed by atoms with Crippen LogP contribution >= 0.6 is 0 Å². The summed E-state index contributed by atoms with van der Waals surface area (Å²) in [7, 11) is 1.67. The lowest BCUT2D eigenvalue weighted by atomic mass is 9.89. The number of amides is 2. The van der Waals surface area contributed by atoms with Crippen LogP contribution in [0.5, 0.6) is 0 Å². The first-order valence-electron chi connectivity index (χ1n) is 8.94. The largest absolute Gasteiger partial charge is 0.469 e. The minimum Gasteiger partial charge on any atom is -0.469 e. The van der Waals surface area contributed by atoms with E-state index in [4.69, 9.17) is 9.15 Å². The number of hydrogen-bond donors (Lipinski definition) is 1. The summed E-state index contributed by atoms with van der Waals surface area (Å²) in [6, 6.07) is 1.49. The Balaban J connectivity index is 1.41. The highest BCUT2D eigenvalue weighted by molar-refractivity contribution is 5.95. The Morgan fingerprint density at radius 3 is 2.68 bits per heavy atom. The first-order valence-corrected chi connectivity index (χ1v) is 8.94. The van der Waals surface area contributed by atoms with Gasteiger partial charge in [-0.25, -0.2) is 0 Å². The fraction of sp³-hybridized carbons (Fsp3) is 0.667. The molecule has 1 aromatic rings. The topological polar surface area (TPSA) is 75.0 Å². The van der Waals surface area contributed by atoms with Crippen molar-refractivity contribution >= 4 is 11.8 Å². The Kier molecular flexibility index (Phi) is 4.08. The van der Waals surface area contributed by atoms with Gasteiger partial charge in [0.15, 0.2) is 0 Å².